The van der Waals surface area contributed by atoms with E-state index < -0.39 is 22.7 Å². The predicted octanol–water partition coefficient (Wildman–Crippen LogP) is 2.89. The smallest absolute Gasteiger partial charge is 0.306 e. The monoisotopic (exact) mass is 372 g/mol. The van der Waals surface area contributed by atoms with Gasteiger partial charge in [-0.05, 0) is 5.92 Å². The molecule has 3 atom stereocenters. The van der Waals surface area contributed by atoms with Crippen LogP contribution < -0.4 is 0 Å². The Morgan fingerprint density at radius 3 is 2.81 bits per heavy atom. The maximum absolute atomic E-state index is 12.1. The SMILES string of the molecule is C[C@@H]1CC(=O)[C@@H](CC(=O)OCc2cc(-c3ccccc3)on2)[C@@H]1C[N+](=O)[O-]. The molecule has 1 saturated carbocycles. The Morgan fingerprint density at radius 2 is 2.11 bits per heavy atom. The van der Waals surface area contributed by atoms with Gasteiger partial charge < -0.3 is 9.26 Å². The Morgan fingerprint density at radius 1 is 1.37 bits per heavy atom. The average Bonchev–Trinajstić information content (AvgIpc) is 3.21. The number of ether oxygens (including phenoxy) is 1. The molecular formula is C19H20N2O6. The van der Waals surface area contributed by atoms with E-state index in [1.807, 2.05) is 30.3 Å². The van der Waals surface area contributed by atoms with E-state index in [2.05, 4.69) is 5.16 Å². The van der Waals surface area contributed by atoms with Crippen LogP contribution in [0.1, 0.15) is 25.5 Å². The zero-order valence-corrected chi connectivity index (χ0v) is 14.9. The number of Topliss-reactive ketones (excluding diaryl/α,β-unsaturated/α-hetero) is 1. The van der Waals surface area contributed by atoms with Crippen LogP contribution in [0.15, 0.2) is 40.9 Å². The molecule has 1 aliphatic carbocycles. The number of esters is 1. The zero-order valence-electron chi connectivity index (χ0n) is 14.9. The van der Waals surface area contributed by atoms with Gasteiger partial charge in [0, 0.05) is 34.8 Å². The molecule has 1 fully saturated rings. The summed E-state index contributed by atoms with van der Waals surface area (Å²) in [5, 5.41) is 14.7. The molecule has 0 unspecified atom stereocenters. The van der Waals surface area contributed by atoms with Crippen LogP contribution in [0.5, 0.6) is 0 Å². The molecule has 27 heavy (non-hydrogen) atoms. The summed E-state index contributed by atoms with van der Waals surface area (Å²) in [6.07, 6.45) is 0.116. The number of ketones is 1. The molecule has 1 aliphatic rings. The van der Waals surface area contributed by atoms with Crippen molar-refractivity contribution in [3.05, 3.63) is 52.2 Å². The fourth-order valence-corrected chi connectivity index (χ4v) is 3.51. The number of hydrogen-bond donors (Lipinski definition) is 0. The van der Waals surface area contributed by atoms with Crippen molar-refractivity contribution in [1.82, 2.24) is 5.16 Å². The molecule has 0 amide bonds. The van der Waals surface area contributed by atoms with Crippen LogP contribution in [0.4, 0.5) is 0 Å². The Bertz CT molecular complexity index is 832. The molecule has 1 aromatic heterocycles. The summed E-state index contributed by atoms with van der Waals surface area (Å²) in [7, 11) is 0. The number of nitro groups is 1. The van der Waals surface area contributed by atoms with Crippen LogP contribution in [0.25, 0.3) is 11.3 Å². The summed E-state index contributed by atoms with van der Waals surface area (Å²) < 4.78 is 10.4. The third kappa shape index (κ3) is 4.58. The Kier molecular flexibility index (Phi) is 5.63. The van der Waals surface area contributed by atoms with E-state index in [1.54, 1.807) is 13.0 Å². The first-order chi connectivity index (χ1) is 12.9. The van der Waals surface area contributed by atoms with Crippen LogP contribution in [-0.2, 0) is 20.9 Å². The summed E-state index contributed by atoms with van der Waals surface area (Å²) in [5.74, 6) is -1.32. The molecule has 8 nitrogen and oxygen atoms in total. The molecule has 1 heterocycles. The Labute approximate surface area is 155 Å². The van der Waals surface area contributed by atoms with Gasteiger partial charge in [-0.15, -0.1) is 0 Å². The van der Waals surface area contributed by atoms with E-state index in [9.17, 15) is 19.7 Å². The summed E-state index contributed by atoms with van der Waals surface area (Å²) in [5.41, 5.74) is 1.31. The third-order valence-electron chi connectivity index (χ3n) is 4.93. The second-order valence-electron chi connectivity index (χ2n) is 6.85. The van der Waals surface area contributed by atoms with Crippen LogP contribution in [0.3, 0.4) is 0 Å². The minimum Gasteiger partial charge on any atom is -0.459 e. The van der Waals surface area contributed by atoms with Crippen LogP contribution in [0, 0.1) is 27.9 Å². The Balaban J connectivity index is 1.56. The summed E-state index contributed by atoms with van der Waals surface area (Å²) in [6, 6.07) is 11.1. The molecule has 142 valence electrons. The van der Waals surface area contributed by atoms with E-state index in [0.717, 1.165) is 5.56 Å². The van der Waals surface area contributed by atoms with Crippen molar-refractivity contribution in [2.75, 3.05) is 6.54 Å². The van der Waals surface area contributed by atoms with Crippen LogP contribution >= 0.6 is 0 Å². The van der Waals surface area contributed by atoms with Crippen molar-refractivity contribution >= 4 is 11.8 Å². The van der Waals surface area contributed by atoms with Crippen molar-refractivity contribution in [3.63, 3.8) is 0 Å². The van der Waals surface area contributed by atoms with Crippen molar-refractivity contribution < 1.29 is 23.8 Å². The van der Waals surface area contributed by atoms with Crippen molar-refractivity contribution in [2.45, 2.75) is 26.4 Å². The highest BCUT2D eigenvalue weighted by atomic mass is 16.6. The van der Waals surface area contributed by atoms with Gasteiger partial charge in [0.05, 0.1) is 6.42 Å². The van der Waals surface area contributed by atoms with E-state index in [1.165, 1.54) is 0 Å². The van der Waals surface area contributed by atoms with Gasteiger partial charge in [-0.3, -0.25) is 19.7 Å². The highest BCUT2D eigenvalue weighted by Crippen LogP contribution is 2.36. The molecule has 3 rings (SSSR count). The Hall–Kier alpha value is -3.03. The van der Waals surface area contributed by atoms with E-state index in [-0.39, 0.29) is 37.7 Å². The maximum Gasteiger partial charge on any atom is 0.306 e. The van der Waals surface area contributed by atoms with Gasteiger partial charge >= 0.3 is 5.97 Å². The molecule has 8 heteroatoms. The van der Waals surface area contributed by atoms with Gasteiger partial charge in [0.1, 0.15) is 18.1 Å². The third-order valence-corrected chi connectivity index (χ3v) is 4.93. The molecule has 0 spiro atoms. The van der Waals surface area contributed by atoms with Gasteiger partial charge in [-0.25, -0.2) is 0 Å². The molecule has 2 aromatic rings. The largest absolute Gasteiger partial charge is 0.459 e. The first-order valence-corrected chi connectivity index (χ1v) is 8.75. The van der Waals surface area contributed by atoms with Crippen LogP contribution in [0.2, 0.25) is 0 Å². The first-order valence-electron chi connectivity index (χ1n) is 8.75. The van der Waals surface area contributed by atoms with Gasteiger partial charge in [0.2, 0.25) is 6.54 Å². The van der Waals surface area contributed by atoms with Crippen molar-refractivity contribution in [3.8, 4) is 11.3 Å². The highest BCUT2D eigenvalue weighted by Gasteiger charge is 2.44. The summed E-state index contributed by atoms with van der Waals surface area (Å²) in [6.45, 7) is 1.41. The maximum atomic E-state index is 12.1. The number of hydrogen-bond acceptors (Lipinski definition) is 7. The second kappa shape index (κ2) is 8.11. The first kappa shape index (κ1) is 18.8. The predicted molar refractivity (Wildman–Crippen MR) is 94.0 cm³/mol. The number of carbonyl (C=O) groups is 2. The van der Waals surface area contributed by atoms with Gasteiger partial charge in [0.15, 0.2) is 5.76 Å². The fraction of sp³-hybridized carbons (Fsp3) is 0.421. The lowest BCUT2D eigenvalue weighted by Gasteiger charge is -2.16. The number of nitrogens with zero attached hydrogens (tertiary/aromatic N) is 2. The van der Waals surface area contributed by atoms with E-state index >= 15 is 0 Å². The van der Waals surface area contributed by atoms with E-state index in [0.29, 0.717) is 11.5 Å². The summed E-state index contributed by atoms with van der Waals surface area (Å²) >= 11 is 0. The molecule has 0 bridgehead atoms. The lowest BCUT2D eigenvalue weighted by Crippen LogP contribution is -2.27. The highest BCUT2D eigenvalue weighted by molar-refractivity contribution is 5.87. The molecular weight excluding hydrogens is 352 g/mol. The fourth-order valence-electron chi connectivity index (χ4n) is 3.51. The molecule has 0 saturated heterocycles. The topological polar surface area (TPSA) is 113 Å². The standard InChI is InChI=1S/C19H20N2O6/c1-12-7-17(22)15(16(12)10-21(24)25)9-19(23)26-11-14-8-18(27-20-14)13-5-3-2-4-6-13/h2-6,8,12,15-16H,7,9-11H2,1H3/t12-,15+,16-/m1/s1. The second-order valence-corrected chi connectivity index (χ2v) is 6.85. The number of rotatable bonds is 7. The van der Waals surface area contributed by atoms with Gasteiger partial charge in [0.25, 0.3) is 0 Å². The van der Waals surface area contributed by atoms with E-state index in [4.69, 9.17) is 9.26 Å². The van der Waals surface area contributed by atoms with Crippen LogP contribution in [-0.4, -0.2) is 28.4 Å². The minimum absolute atomic E-state index is 0.0778. The lowest BCUT2D eigenvalue weighted by molar-refractivity contribution is -0.490. The number of aromatic nitrogens is 1. The van der Waals surface area contributed by atoms with Gasteiger partial charge in [-0.2, -0.15) is 0 Å². The molecule has 0 N–H and O–H groups in total. The zero-order chi connectivity index (χ0) is 19.4. The normalized spacial score (nSPS) is 22.0. The van der Waals surface area contributed by atoms with Crippen molar-refractivity contribution in [2.24, 2.45) is 17.8 Å². The molecule has 1 aromatic carbocycles. The molecule has 0 radical (unpaired) electrons. The average molecular weight is 372 g/mol. The van der Waals surface area contributed by atoms with Gasteiger partial charge in [-0.1, -0.05) is 42.4 Å². The molecule has 0 aliphatic heterocycles. The summed E-state index contributed by atoms with van der Waals surface area (Å²) in [4.78, 5) is 34.6. The van der Waals surface area contributed by atoms with Crippen molar-refractivity contribution in [1.29, 1.82) is 0 Å². The number of carbonyl (C=O) groups excluding carboxylic acids is 2. The quantitative estimate of drug-likeness (QED) is 0.417. The number of benzene rings is 1. The minimum atomic E-state index is -0.657. The lowest BCUT2D eigenvalue weighted by atomic mass is 9.88.